The molecule has 5 nitrogen and oxygen atoms in total. The number of amides is 1. The van der Waals surface area contributed by atoms with Crippen molar-refractivity contribution in [1.29, 1.82) is 0 Å². The van der Waals surface area contributed by atoms with Gasteiger partial charge in [0.25, 0.3) is 0 Å². The van der Waals surface area contributed by atoms with Crippen molar-refractivity contribution in [2.24, 2.45) is 0 Å². The van der Waals surface area contributed by atoms with Gasteiger partial charge in [-0.25, -0.2) is 0 Å². The van der Waals surface area contributed by atoms with Crippen LogP contribution < -0.4 is 14.2 Å². The topological polar surface area (TPSA) is 48.0 Å². The quantitative estimate of drug-likeness (QED) is 0.672. The summed E-state index contributed by atoms with van der Waals surface area (Å²) in [5.74, 6) is 4.03. The van der Waals surface area contributed by atoms with Gasteiger partial charge in [-0.15, -0.1) is 6.42 Å². The number of aryl methyl sites for hydroxylation is 1. The number of ether oxygens (including phenoxy) is 3. The summed E-state index contributed by atoms with van der Waals surface area (Å²) in [4.78, 5) is 14.5. The van der Waals surface area contributed by atoms with Crippen molar-refractivity contribution in [1.82, 2.24) is 4.90 Å². The molecule has 0 heterocycles. The lowest BCUT2D eigenvalue weighted by molar-refractivity contribution is -0.130. The van der Waals surface area contributed by atoms with Crippen molar-refractivity contribution >= 4 is 5.91 Å². The van der Waals surface area contributed by atoms with Gasteiger partial charge in [-0.1, -0.05) is 35.7 Å². The van der Waals surface area contributed by atoms with E-state index in [1.807, 2.05) is 31.2 Å². The molecule has 142 valence electrons. The summed E-state index contributed by atoms with van der Waals surface area (Å²) in [6.07, 6.45) is 5.65. The van der Waals surface area contributed by atoms with Crippen molar-refractivity contribution in [3.05, 3.63) is 53.1 Å². The summed E-state index contributed by atoms with van der Waals surface area (Å²) in [5.41, 5.74) is 2.97. The maximum absolute atomic E-state index is 12.8. The van der Waals surface area contributed by atoms with Crippen LogP contribution in [0, 0.1) is 19.3 Å². The first kappa shape index (κ1) is 20.2. The van der Waals surface area contributed by atoms with E-state index in [9.17, 15) is 4.79 Å². The molecule has 0 fully saturated rings. The van der Waals surface area contributed by atoms with Crippen LogP contribution in [0.3, 0.4) is 0 Å². The maximum atomic E-state index is 12.8. The number of carbonyl (C=O) groups excluding carboxylic acids is 1. The van der Waals surface area contributed by atoms with Gasteiger partial charge in [0.05, 0.1) is 34.3 Å². The first-order valence-corrected chi connectivity index (χ1v) is 8.58. The SMILES string of the molecule is C#CCN(Cc1ccc(C)cc1)C(=O)Cc1cc(OC)c(OC)c(OC)c1. The van der Waals surface area contributed by atoms with E-state index in [0.29, 0.717) is 23.8 Å². The smallest absolute Gasteiger partial charge is 0.228 e. The van der Waals surface area contributed by atoms with Crippen LogP contribution in [-0.4, -0.2) is 38.7 Å². The lowest BCUT2D eigenvalue weighted by Gasteiger charge is -2.21. The Kier molecular flexibility index (Phi) is 7.13. The molecule has 5 heteroatoms. The fraction of sp³-hybridized carbons (Fsp3) is 0.318. The third-order valence-corrected chi connectivity index (χ3v) is 4.21. The molecule has 27 heavy (non-hydrogen) atoms. The van der Waals surface area contributed by atoms with Gasteiger partial charge in [-0.3, -0.25) is 4.79 Å². The van der Waals surface area contributed by atoms with E-state index >= 15 is 0 Å². The van der Waals surface area contributed by atoms with Crippen molar-refractivity contribution in [3.8, 4) is 29.6 Å². The number of rotatable bonds is 8. The van der Waals surface area contributed by atoms with Gasteiger partial charge in [-0.2, -0.15) is 0 Å². The molecule has 2 aromatic rings. The van der Waals surface area contributed by atoms with E-state index < -0.39 is 0 Å². The van der Waals surface area contributed by atoms with Gasteiger partial charge in [0.15, 0.2) is 11.5 Å². The number of benzene rings is 2. The van der Waals surface area contributed by atoms with E-state index in [0.717, 1.165) is 11.1 Å². The number of nitrogens with zero attached hydrogens (tertiary/aromatic N) is 1. The van der Waals surface area contributed by atoms with Crippen LogP contribution in [0.25, 0.3) is 0 Å². The Morgan fingerprint density at radius 2 is 1.59 bits per heavy atom. The molecule has 2 rings (SSSR count). The fourth-order valence-corrected chi connectivity index (χ4v) is 2.78. The van der Waals surface area contributed by atoms with Crippen LogP contribution in [0.2, 0.25) is 0 Å². The van der Waals surface area contributed by atoms with E-state index in [2.05, 4.69) is 5.92 Å². The minimum Gasteiger partial charge on any atom is -0.493 e. The van der Waals surface area contributed by atoms with Crippen molar-refractivity contribution in [3.63, 3.8) is 0 Å². The highest BCUT2D eigenvalue weighted by molar-refractivity contribution is 5.79. The van der Waals surface area contributed by atoms with Crippen LogP contribution >= 0.6 is 0 Å². The number of methoxy groups -OCH3 is 3. The lowest BCUT2D eigenvalue weighted by atomic mass is 10.1. The number of carbonyl (C=O) groups is 1. The van der Waals surface area contributed by atoms with Crippen LogP contribution in [0.1, 0.15) is 16.7 Å². The van der Waals surface area contributed by atoms with Crippen LogP contribution in [-0.2, 0) is 17.8 Å². The highest BCUT2D eigenvalue weighted by atomic mass is 16.5. The normalized spacial score (nSPS) is 10.0. The molecule has 0 atom stereocenters. The van der Waals surface area contributed by atoms with Crippen LogP contribution in [0.15, 0.2) is 36.4 Å². The number of terminal acetylenes is 1. The van der Waals surface area contributed by atoms with E-state index in [4.69, 9.17) is 20.6 Å². The third-order valence-electron chi connectivity index (χ3n) is 4.21. The first-order chi connectivity index (χ1) is 13.0. The Bertz CT molecular complexity index is 796. The van der Waals surface area contributed by atoms with E-state index in [1.165, 1.54) is 5.56 Å². The predicted octanol–water partition coefficient (Wildman–Crippen LogP) is 3.23. The fourth-order valence-electron chi connectivity index (χ4n) is 2.78. The van der Waals surface area contributed by atoms with Crippen LogP contribution in [0.4, 0.5) is 0 Å². The standard InChI is InChI=1S/C22H25NO4/c1-6-11-23(15-17-9-7-16(2)8-10-17)21(24)14-18-12-19(25-3)22(27-5)20(13-18)26-4/h1,7-10,12-13H,11,14-15H2,2-5H3. The molecular weight excluding hydrogens is 342 g/mol. The Morgan fingerprint density at radius 3 is 2.07 bits per heavy atom. The Balaban J connectivity index is 2.21. The predicted molar refractivity (Wildman–Crippen MR) is 105 cm³/mol. The second-order valence-corrected chi connectivity index (χ2v) is 6.15. The van der Waals surface area contributed by atoms with Crippen molar-refractivity contribution in [2.45, 2.75) is 19.9 Å². The van der Waals surface area contributed by atoms with Gasteiger partial charge in [0.1, 0.15) is 0 Å². The summed E-state index contributed by atoms with van der Waals surface area (Å²) in [6.45, 7) is 2.74. The maximum Gasteiger partial charge on any atom is 0.228 e. The molecule has 0 unspecified atom stereocenters. The lowest BCUT2D eigenvalue weighted by Crippen LogP contribution is -2.32. The van der Waals surface area contributed by atoms with Crippen LogP contribution in [0.5, 0.6) is 17.2 Å². The van der Waals surface area contributed by atoms with Gasteiger partial charge in [0, 0.05) is 6.54 Å². The second kappa shape index (κ2) is 9.54. The molecule has 2 aromatic carbocycles. The van der Waals surface area contributed by atoms with Gasteiger partial charge >= 0.3 is 0 Å². The summed E-state index contributed by atoms with van der Waals surface area (Å²) in [7, 11) is 4.64. The first-order valence-electron chi connectivity index (χ1n) is 8.58. The zero-order valence-electron chi connectivity index (χ0n) is 16.2. The monoisotopic (exact) mass is 367 g/mol. The zero-order chi connectivity index (χ0) is 19.8. The van der Waals surface area contributed by atoms with Gasteiger partial charge in [0.2, 0.25) is 11.7 Å². The van der Waals surface area contributed by atoms with Crippen molar-refractivity contribution < 1.29 is 19.0 Å². The van der Waals surface area contributed by atoms with E-state index in [-0.39, 0.29) is 18.9 Å². The second-order valence-electron chi connectivity index (χ2n) is 6.15. The third kappa shape index (κ3) is 5.18. The number of hydrogen-bond acceptors (Lipinski definition) is 4. The molecule has 0 radical (unpaired) electrons. The van der Waals surface area contributed by atoms with E-state index in [1.54, 1.807) is 38.4 Å². The highest BCUT2D eigenvalue weighted by Crippen LogP contribution is 2.38. The molecule has 0 aliphatic heterocycles. The number of hydrogen-bond donors (Lipinski definition) is 0. The molecule has 1 amide bonds. The summed E-state index contributed by atoms with van der Waals surface area (Å²) < 4.78 is 16.0. The average molecular weight is 367 g/mol. The summed E-state index contributed by atoms with van der Waals surface area (Å²) in [6, 6.07) is 11.6. The molecule has 0 saturated carbocycles. The molecule has 0 spiro atoms. The molecule has 0 bridgehead atoms. The molecule has 0 saturated heterocycles. The minimum absolute atomic E-state index is 0.0669. The van der Waals surface area contributed by atoms with Crippen molar-refractivity contribution in [2.75, 3.05) is 27.9 Å². The Labute approximate surface area is 160 Å². The minimum atomic E-state index is -0.0669. The summed E-state index contributed by atoms with van der Waals surface area (Å²) >= 11 is 0. The Hall–Kier alpha value is -3.13. The molecule has 0 N–H and O–H groups in total. The Morgan fingerprint density at radius 1 is 1.00 bits per heavy atom. The highest BCUT2D eigenvalue weighted by Gasteiger charge is 2.18. The molecule has 0 aliphatic rings. The molecule has 0 aromatic heterocycles. The molecule has 0 aliphatic carbocycles. The largest absolute Gasteiger partial charge is 0.493 e. The zero-order valence-corrected chi connectivity index (χ0v) is 16.2. The summed E-state index contributed by atoms with van der Waals surface area (Å²) in [5, 5.41) is 0. The van der Waals surface area contributed by atoms with Gasteiger partial charge in [-0.05, 0) is 30.2 Å². The van der Waals surface area contributed by atoms with Gasteiger partial charge < -0.3 is 19.1 Å². The molecular formula is C22H25NO4. The average Bonchev–Trinajstić information content (AvgIpc) is 2.68.